The zero-order chi connectivity index (χ0) is 30.6. The summed E-state index contributed by atoms with van der Waals surface area (Å²) in [4.78, 5) is 37.3. The average Bonchev–Trinajstić information content (AvgIpc) is 3.42. The fourth-order valence-electron chi connectivity index (χ4n) is 10.4. The first-order valence-corrected chi connectivity index (χ1v) is 17.0. The summed E-state index contributed by atoms with van der Waals surface area (Å²) in [5, 5.41) is 11.7. The molecule has 7 heteroatoms. The smallest absolute Gasteiger partial charge is 0.348 e. The number of carbonyl (C=O) groups is 3. The van der Waals surface area contributed by atoms with E-state index >= 15 is 0 Å². The number of aliphatic hydroxyl groups excluding tert-OH is 1. The highest BCUT2D eigenvalue weighted by Crippen LogP contribution is 2.68. The Morgan fingerprint density at radius 3 is 2.33 bits per heavy atom. The van der Waals surface area contributed by atoms with Gasteiger partial charge in [0, 0.05) is 11.8 Å². The Morgan fingerprint density at radius 2 is 1.67 bits per heavy atom. The first kappa shape index (κ1) is 31.8. The van der Waals surface area contributed by atoms with Crippen LogP contribution in [0.4, 0.5) is 0 Å². The van der Waals surface area contributed by atoms with Crippen molar-refractivity contribution in [3.8, 4) is 0 Å². The molecule has 1 heterocycles. The van der Waals surface area contributed by atoms with Crippen LogP contribution in [0, 0.1) is 57.7 Å². The van der Waals surface area contributed by atoms with Crippen molar-refractivity contribution in [1.82, 2.24) is 0 Å². The standard InChI is InChI=1S/C35H56O7/c1-8-20(2)31(38)41-23-13-15-34(6)22(17-23)18-27(36)29-25-11-10-24(35(25,7)16-14-26(29)34)21(3)9-12-28(37)42-30-32(39)40-19-33(30,4)5/h20-27,29-30,36H,8-19H2,1-7H3/t20?,21?,22?,23-,24?,25?,26?,27?,29?,30?,34-,35+/m0/s1. The number of cyclic esters (lactones) is 1. The van der Waals surface area contributed by atoms with E-state index in [1.807, 2.05) is 27.7 Å². The largest absolute Gasteiger partial charge is 0.462 e. The van der Waals surface area contributed by atoms with Crippen LogP contribution in [0.3, 0.4) is 0 Å². The molecule has 5 fully saturated rings. The molecule has 0 spiro atoms. The van der Waals surface area contributed by atoms with Gasteiger partial charge in [-0.25, -0.2) is 4.79 Å². The maximum Gasteiger partial charge on any atom is 0.348 e. The normalized spacial score (nSPS) is 43.8. The van der Waals surface area contributed by atoms with E-state index in [9.17, 15) is 19.5 Å². The monoisotopic (exact) mass is 588 g/mol. The fourth-order valence-corrected chi connectivity index (χ4v) is 10.4. The van der Waals surface area contributed by atoms with Crippen molar-refractivity contribution < 1.29 is 33.7 Å². The van der Waals surface area contributed by atoms with E-state index in [0.29, 0.717) is 41.9 Å². The lowest BCUT2D eigenvalue weighted by atomic mass is 9.43. The van der Waals surface area contributed by atoms with Gasteiger partial charge in [0.05, 0.1) is 12.0 Å². The maximum atomic E-state index is 12.8. The number of hydrogen-bond acceptors (Lipinski definition) is 7. The predicted molar refractivity (Wildman–Crippen MR) is 159 cm³/mol. The molecule has 238 valence electrons. The molecule has 5 aliphatic rings. The molecule has 5 rings (SSSR count). The molecule has 0 aromatic rings. The van der Waals surface area contributed by atoms with Crippen molar-refractivity contribution in [3.05, 3.63) is 0 Å². The second kappa shape index (κ2) is 11.7. The van der Waals surface area contributed by atoms with Crippen LogP contribution in [0.25, 0.3) is 0 Å². The van der Waals surface area contributed by atoms with Gasteiger partial charge in [0.15, 0.2) is 0 Å². The minimum atomic E-state index is -0.816. The number of carbonyl (C=O) groups excluding carboxylic acids is 3. The molecular formula is C35H56O7. The highest BCUT2D eigenvalue weighted by Gasteiger charge is 2.63. The van der Waals surface area contributed by atoms with Crippen molar-refractivity contribution in [2.45, 2.75) is 137 Å². The molecule has 4 saturated carbocycles. The highest BCUT2D eigenvalue weighted by atomic mass is 16.6. The van der Waals surface area contributed by atoms with Crippen molar-refractivity contribution >= 4 is 17.9 Å². The number of hydrogen-bond donors (Lipinski definition) is 1. The van der Waals surface area contributed by atoms with E-state index < -0.39 is 17.5 Å². The van der Waals surface area contributed by atoms with Crippen LogP contribution in [0.5, 0.6) is 0 Å². The van der Waals surface area contributed by atoms with Crippen LogP contribution in [0.15, 0.2) is 0 Å². The summed E-state index contributed by atoms with van der Waals surface area (Å²) in [6.45, 7) is 15.2. The Balaban J connectivity index is 1.20. The zero-order valence-electron chi connectivity index (χ0n) is 27.2. The Morgan fingerprint density at radius 1 is 0.976 bits per heavy atom. The second-order valence-corrected chi connectivity index (χ2v) is 16.1. The van der Waals surface area contributed by atoms with Gasteiger partial charge in [0.1, 0.15) is 12.7 Å². The van der Waals surface area contributed by atoms with Gasteiger partial charge in [0.2, 0.25) is 6.10 Å². The van der Waals surface area contributed by atoms with E-state index in [2.05, 4.69) is 20.8 Å². The van der Waals surface area contributed by atoms with Gasteiger partial charge in [-0.2, -0.15) is 0 Å². The highest BCUT2D eigenvalue weighted by molar-refractivity contribution is 5.81. The second-order valence-electron chi connectivity index (χ2n) is 16.1. The molecule has 42 heavy (non-hydrogen) atoms. The first-order chi connectivity index (χ1) is 19.7. The minimum absolute atomic E-state index is 0.0176. The van der Waals surface area contributed by atoms with Gasteiger partial charge < -0.3 is 19.3 Å². The Bertz CT molecular complexity index is 1040. The number of rotatable bonds is 8. The summed E-state index contributed by atoms with van der Waals surface area (Å²) in [6.07, 6.45) is 9.02. The molecule has 0 aromatic carbocycles. The van der Waals surface area contributed by atoms with Crippen LogP contribution in [-0.2, 0) is 28.6 Å². The van der Waals surface area contributed by atoms with Crippen LogP contribution in [0.1, 0.15) is 119 Å². The molecule has 1 saturated heterocycles. The predicted octanol–water partition coefficient (Wildman–Crippen LogP) is 6.49. The molecule has 7 nitrogen and oxygen atoms in total. The van der Waals surface area contributed by atoms with Crippen LogP contribution in [-0.4, -0.2) is 47.9 Å². The third-order valence-electron chi connectivity index (χ3n) is 13.3. The summed E-state index contributed by atoms with van der Waals surface area (Å²) in [5.74, 6) is 1.72. The molecule has 4 aliphatic carbocycles. The first-order valence-electron chi connectivity index (χ1n) is 17.0. The van der Waals surface area contributed by atoms with Gasteiger partial charge in [-0.1, -0.05) is 48.5 Å². The summed E-state index contributed by atoms with van der Waals surface area (Å²) in [5.41, 5.74) is -0.140. The summed E-state index contributed by atoms with van der Waals surface area (Å²) in [6, 6.07) is 0. The van der Waals surface area contributed by atoms with E-state index in [1.165, 1.54) is 6.42 Å². The van der Waals surface area contributed by atoms with Crippen molar-refractivity contribution in [2.24, 2.45) is 57.7 Å². The Labute approximate surface area is 253 Å². The number of ether oxygens (including phenoxy) is 3. The molecule has 1 aliphatic heterocycles. The zero-order valence-corrected chi connectivity index (χ0v) is 27.2. The number of fused-ring (bicyclic) bond motifs is 5. The Hall–Kier alpha value is -1.63. The Kier molecular flexibility index (Phi) is 8.86. The lowest BCUT2D eigenvalue weighted by Crippen LogP contribution is -2.58. The molecule has 9 unspecified atom stereocenters. The quantitative estimate of drug-likeness (QED) is 0.256. The lowest BCUT2D eigenvalue weighted by molar-refractivity contribution is -0.184. The summed E-state index contributed by atoms with van der Waals surface area (Å²) >= 11 is 0. The van der Waals surface area contributed by atoms with E-state index in [1.54, 1.807) is 0 Å². The number of esters is 3. The van der Waals surface area contributed by atoms with Crippen molar-refractivity contribution in [2.75, 3.05) is 6.61 Å². The van der Waals surface area contributed by atoms with Crippen molar-refractivity contribution in [1.29, 1.82) is 0 Å². The van der Waals surface area contributed by atoms with Gasteiger partial charge in [-0.15, -0.1) is 0 Å². The van der Waals surface area contributed by atoms with E-state index in [-0.39, 0.29) is 47.5 Å². The SMILES string of the molecule is CCC(C)C(=O)O[C@H]1CC[C@@]2(C)C(CC(O)C3C4CCC(C(C)CCC(=O)OC5C(=O)OCC5(C)C)[C@@]4(C)CCC32)C1. The molecule has 1 N–H and O–H groups in total. The molecule has 12 atom stereocenters. The maximum absolute atomic E-state index is 12.8. The molecule has 0 amide bonds. The molecule has 0 radical (unpaired) electrons. The average molecular weight is 589 g/mol. The van der Waals surface area contributed by atoms with Gasteiger partial charge in [-0.05, 0) is 111 Å². The summed E-state index contributed by atoms with van der Waals surface area (Å²) < 4.78 is 16.7. The number of aliphatic hydroxyl groups is 1. The topological polar surface area (TPSA) is 99.1 Å². The van der Waals surface area contributed by atoms with Crippen LogP contribution in [0.2, 0.25) is 0 Å². The van der Waals surface area contributed by atoms with E-state index in [0.717, 1.165) is 57.8 Å². The van der Waals surface area contributed by atoms with Gasteiger partial charge >= 0.3 is 17.9 Å². The lowest BCUT2D eigenvalue weighted by Gasteiger charge is -2.62. The summed E-state index contributed by atoms with van der Waals surface area (Å²) in [7, 11) is 0. The minimum Gasteiger partial charge on any atom is -0.462 e. The van der Waals surface area contributed by atoms with Crippen LogP contribution >= 0.6 is 0 Å². The molecular weight excluding hydrogens is 532 g/mol. The van der Waals surface area contributed by atoms with Crippen LogP contribution < -0.4 is 0 Å². The van der Waals surface area contributed by atoms with Gasteiger partial charge in [-0.3, -0.25) is 9.59 Å². The molecule has 0 aromatic heterocycles. The van der Waals surface area contributed by atoms with E-state index in [4.69, 9.17) is 14.2 Å². The third-order valence-corrected chi connectivity index (χ3v) is 13.3. The van der Waals surface area contributed by atoms with Gasteiger partial charge in [0.25, 0.3) is 0 Å². The molecule has 0 bridgehead atoms. The third kappa shape index (κ3) is 5.54. The van der Waals surface area contributed by atoms with Crippen molar-refractivity contribution in [3.63, 3.8) is 0 Å². The fraction of sp³-hybridized carbons (Fsp3) is 0.914.